The lowest BCUT2D eigenvalue weighted by molar-refractivity contribution is 0.629. The van der Waals surface area contributed by atoms with Gasteiger partial charge in [-0.1, -0.05) is 0 Å². The van der Waals surface area contributed by atoms with Crippen molar-refractivity contribution in [3.8, 4) is 0 Å². The summed E-state index contributed by atoms with van der Waals surface area (Å²) in [5, 5.41) is 7.22. The maximum absolute atomic E-state index is 13.2. The van der Waals surface area contributed by atoms with Gasteiger partial charge >= 0.3 is 0 Å². The molecule has 2 N–H and O–H groups in total. The second-order valence-electron chi connectivity index (χ2n) is 3.90. The highest BCUT2D eigenvalue weighted by atomic mass is 19.1. The number of hydrogen-bond acceptors (Lipinski definition) is 3. The van der Waals surface area contributed by atoms with Crippen molar-refractivity contribution in [3.05, 3.63) is 36.3 Å². The summed E-state index contributed by atoms with van der Waals surface area (Å²) >= 11 is 0. The molecule has 0 radical (unpaired) electrons. The van der Waals surface area contributed by atoms with Crippen molar-refractivity contribution in [1.29, 1.82) is 0 Å². The van der Waals surface area contributed by atoms with E-state index in [1.54, 1.807) is 12.3 Å². The van der Waals surface area contributed by atoms with Crippen molar-refractivity contribution in [2.24, 2.45) is 0 Å². The van der Waals surface area contributed by atoms with Crippen LogP contribution in [-0.2, 0) is 0 Å². The molecule has 2 aromatic rings. The molecule has 2 rings (SSSR count). The highest BCUT2D eigenvalue weighted by Gasteiger charge is 2.02. The van der Waals surface area contributed by atoms with E-state index in [1.807, 2.05) is 13.1 Å². The Bertz CT molecular complexity index is 499. The number of rotatable bonds is 5. The average Bonchev–Trinajstić information content (AvgIpc) is 2.35. The molecule has 0 amide bonds. The number of benzene rings is 1. The highest BCUT2D eigenvalue weighted by Crippen LogP contribution is 2.22. The fraction of sp³-hybridized carbons (Fsp3) is 0.308. The predicted octanol–water partition coefficient (Wildman–Crippen LogP) is 2.40. The summed E-state index contributed by atoms with van der Waals surface area (Å²) in [6, 6.07) is 6.52. The Morgan fingerprint density at radius 2 is 2.12 bits per heavy atom. The summed E-state index contributed by atoms with van der Waals surface area (Å²) in [6.45, 7) is 1.82. The molecule has 0 aliphatic heterocycles. The fourth-order valence-electron chi connectivity index (χ4n) is 1.76. The van der Waals surface area contributed by atoms with Crippen LogP contribution in [0.25, 0.3) is 10.9 Å². The first-order valence-electron chi connectivity index (χ1n) is 5.74. The summed E-state index contributed by atoms with van der Waals surface area (Å²) in [7, 11) is 1.93. The van der Waals surface area contributed by atoms with E-state index < -0.39 is 0 Å². The molecular formula is C13H16FN3. The van der Waals surface area contributed by atoms with Gasteiger partial charge in [-0.25, -0.2) is 4.39 Å². The Kier molecular flexibility index (Phi) is 3.88. The van der Waals surface area contributed by atoms with Gasteiger partial charge in [0.2, 0.25) is 0 Å². The Hall–Kier alpha value is -1.68. The van der Waals surface area contributed by atoms with E-state index in [2.05, 4.69) is 15.6 Å². The minimum Gasteiger partial charge on any atom is -0.384 e. The Morgan fingerprint density at radius 3 is 2.94 bits per heavy atom. The van der Waals surface area contributed by atoms with E-state index in [0.29, 0.717) is 0 Å². The summed E-state index contributed by atoms with van der Waals surface area (Å²) in [5.74, 6) is -0.233. The summed E-state index contributed by atoms with van der Waals surface area (Å²) in [5.41, 5.74) is 1.75. The van der Waals surface area contributed by atoms with Gasteiger partial charge in [0.1, 0.15) is 5.82 Å². The second-order valence-corrected chi connectivity index (χ2v) is 3.90. The normalized spacial score (nSPS) is 10.7. The van der Waals surface area contributed by atoms with Gasteiger partial charge < -0.3 is 10.6 Å². The minimum atomic E-state index is -0.233. The van der Waals surface area contributed by atoms with E-state index >= 15 is 0 Å². The van der Waals surface area contributed by atoms with Gasteiger partial charge in [0, 0.05) is 23.8 Å². The molecule has 3 nitrogen and oxygen atoms in total. The molecule has 0 fully saturated rings. The zero-order valence-electron chi connectivity index (χ0n) is 9.83. The Balaban J connectivity index is 2.18. The van der Waals surface area contributed by atoms with Crippen molar-refractivity contribution in [1.82, 2.24) is 10.3 Å². The van der Waals surface area contributed by atoms with E-state index in [4.69, 9.17) is 0 Å². The second kappa shape index (κ2) is 5.59. The van der Waals surface area contributed by atoms with Gasteiger partial charge in [-0.2, -0.15) is 0 Å². The number of pyridine rings is 1. The third-order valence-electron chi connectivity index (χ3n) is 2.62. The van der Waals surface area contributed by atoms with E-state index in [9.17, 15) is 4.39 Å². The van der Waals surface area contributed by atoms with Crippen LogP contribution in [0.3, 0.4) is 0 Å². The molecule has 4 heteroatoms. The van der Waals surface area contributed by atoms with Crippen LogP contribution in [0.5, 0.6) is 0 Å². The third kappa shape index (κ3) is 2.91. The lowest BCUT2D eigenvalue weighted by Crippen LogP contribution is -2.13. The largest absolute Gasteiger partial charge is 0.384 e. The highest BCUT2D eigenvalue weighted by molar-refractivity contribution is 5.90. The first-order valence-corrected chi connectivity index (χ1v) is 5.74. The molecule has 0 aliphatic carbocycles. The Labute approximate surface area is 100 Å². The van der Waals surface area contributed by atoms with E-state index in [-0.39, 0.29) is 5.82 Å². The maximum Gasteiger partial charge on any atom is 0.124 e. The molecule has 17 heavy (non-hydrogen) atoms. The SMILES string of the molecule is CNCCCNc1ccnc2ccc(F)cc12. The van der Waals surface area contributed by atoms with Crippen molar-refractivity contribution in [2.75, 3.05) is 25.5 Å². The molecule has 0 saturated heterocycles. The number of halogens is 1. The first kappa shape index (κ1) is 11.8. The molecule has 0 spiro atoms. The summed E-state index contributed by atoms with van der Waals surface area (Å²) in [6.07, 6.45) is 2.76. The Morgan fingerprint density at radius 1 is 1.24 bits per heavy atom. The number of aromatic nitrogens is 1. The van der Waals surface area contributed by atoms with Crippen molar-refractivity contribution < 1.29 is 4.39 Å². The smallest absolute Gasteiger partial charge is 0.124 e. The summed E-state index contributed by atoms with van der Waals surface area (Å²) < 4.78 is 13.2. The molecule has 0 saturated carbocycles. The molecule has 0 atom stereocenters. The fourth-order valence-corrected chi connectivity index (χ4v) is 1.76. The maximum atomic E-state index is 13.2. The number of nitrogens with one attached hydrogen (secondary N) is 2. The van der Waals surface area contributed by atoms with Crippen LogP contribution >= 0.6 is 0 Å². The zero-order valence-corrected chi connectivity index (χ0v) is 9.83. The average molecular weight is 233 g/mol. The van der Waals surface area contributed by atoms with Gasteiger partial charge in [0.05, 0.1) is 5.52 Å². The van der Waals surface area contributed by atoms with Crippen LogP contribution in [0, 0.1) is 5.82 Å². The summed E-state index contributed by atoms with van der Waals surface area (Å²) in [4.78, 5) is 4.21. The van der Waals surface area contributed by atoms with Crippen LogP contribution < -0.4 is 10.6 Å². The van der Waals surface area contributed by atoms with Gasteiger partial charge in [0.15, 0.2) is 0 Å². The molecular weight excluding hydrogens is 217 g/mol. The van der Waals surface area contributed by atoms with Gasteiger partial charge in [-0.15, -0.1) is 0 Å². The first-order chi connectivity index (χ1) is 8.31. The molecule has 1 aromatic heterocycles. The van der Waals surface area contributed by atoms with Crippen LogP contribution in [0.2, 0.25) is 0 Å². The number of fused-ring (bicyclic) bond motifs is 1. The van der Waals surface area contributed by atoms with Crippen LogP contribution in [-0.4, -0.2) is 25.1 Å². The van der Waals surface area contributed by atoms with Crippen LogP contribution in [0.4, 0.5) is 10.1 Å². The third-order valence-corrected chi connectivity index (χ3v) is 2.62. The lowest BCUT2D eigenvalue weighted by atomic mass is 10.2. The van der Waals surface area contributed by atoms with E-state index in [1.165, 1.54) is 12.1 Å². The lowest BCUT2D eigenvalue weighted by Gasteiger charge is -2.09. The molecule has 90 valence electrons. The van der Waals surface area contributed by atoms with Gasteiger partial charge in [-0.05, 0) is 44.3 Å². The minimum absolute atomic E-state index is 0.233. The number of nitrogens with zero attached hydrogens (tertiary/aromatic N) is 1. The zero-order chi connectivity index (χ0) is 12.1. The predicted molar refractivity (Wildman–Crippen MR) is 68.7 cm³/mol. The molecule has 0 unspecified atom stereocenters. The molecule has 1 heterocycles. The quantitative estimate of drug-likeness (QED) is 0.779. The van der Waals surface area contributed by atoms with Crippen molar-refractivity contribution >= 4 is 16.6 Å². The molecule has 0 bridgehead atoms. The van der Waals surface area contributed by atoms with Gasteiger partial charge in [0.25, 0.3) is 0 Å². The van der Waals surface area contributed by atoms with Crippen LogP contribution in [0.1, 0.15) is 6.42 Å². The molecule has 0 aliphatic rings. The monoisotopic (exact) mass is 233 g/mol. The van der Waals surface area contributed by atoms with Crippen molar-refractivity contribution in [2.45, 2.75) is 6.42 Å². The van der Waals surface area contributed by atoms with Crippen molar-refractivity contribution in [3.63, 3.8) is 0 Å². The topological polar surface area (TPSA) is 37.0 Å². The van der Waals surface area contributed by atoms with Gasteiger partial charge in [-0.3, -0.25) is 4.98 Å². The van der Waals surface area contributed by atoms with E-state index in [0.717, 1.165) is 36.1 Å². The number of hydrogen-bond donors (Lipinski definition) is 2. The van der Waals surface area contributed by atoms with Crippen LogP contribution in [0.15, 0.2) is 30.5 Å². The number of anilines is 1. The molecule has 1 aromatic carbocycles. The standard InChI is InChI=1S/C13H16FN3/c1-15-6-2-7-16-13-5-8-17-12-4-3-10(14)9-11(12)13/h3-5,8-9,15H,2,6-7H2,1H3,(H,16,17).